The van der Waals surface area contributed by atoms with Crippen LogP contribution >= 0.6 is 0 Å². The van der Waals surface area contributed by atoms with Gasteiger partial charge in [0, 0.05) is 36.8 Å². The first-order chi connectivity index (χ1) is 21.6. The molecule has 3 heterocycles. The molecule has 2 aromatic carbocycles. The smallest absolute Gasteiger partial charge is 0.407 e. The van der Waals surface area contributed by atoms with Gasteiger partial charge in [0.15, 0.2) is 12.2 Å². The Morgan fingerprint density at radius 1 is 1.20 bits per heavy atom. The van der Waals surface area contributed by atoms with Crippen molar-refractivity contribution < 1.29 is 37.6 Å². The number of H-pyrrole nitrogens is 1. The quantitative estimate of drug-likeness (QED) is 0.206. The van der Waals surface area contributed by atoms with Gasteiger partial charge in [0.25, 0.3) is 0 Å². The van der Waals surface area contributed by atoms with Crippen molar-refractivity contribution in [1.82, 2.24) is 14.6 Å². The topological polar surface area (TPSA) is 163 Å². The number of amides is 1. The van der Waals surface area contributed by atoms with E-state index in [1.54, 1.807) is 6.07 Å². The van der Waals surface area contributed by atoms with Crippen molar-refractivity contribution in [3.63, 3.8) is 0 Å². The van der Waals surface area contributed by atoms with Crippen molar-refractivity contribution in [2.75, 3.05) is 32.8 Å². The molecule has 0 bridgehead atoms. The zero-order valence-electron chi connectivity index (χ0n) is 25.8. The Morgan fingerprint density at radius 2 is 1.98 bits per heavy atom. The van der Waals surface area contributed by atoms with E-state index in [1.807, 2.05) is 51.1 Å². The Kier molecular flexibility index (Phi) is 10.4. The van der Waals surface area contributed by atoms with Crippen molar-refractivity contribution >= 4 is 33.2 Å². The van der Waals surface area contributed by atoms with E-state index < -0.39 is 34.4 Å². The summed E-state index contributed by atoms with van der Waals surface area (Å²) in [5, 5.41) is 25.3. The second-order valence-corrected chi connectivity index (χ2v) is 13.9. The molecule has 1 aromatic heterocycles. The van der Waals surface area contributed by atoms with Gasteiger partial charge in [-0.15, -0.1) is 0 Å². The van der Waals surface area contributed by atoms with Gasteiger partial charge >= 0.3 is 6.09 Å². The largest absolute Gasteiger partial charge is 0.494 e. The molecule has 0 aliphatic carbocycles. The van der Waals surface area contributed by atoms with E-state index in [0.717, 1.165) is 12.0 Å². The van der Waals surface area contributed by atoms with Crippen molar-refractivity contribution in [3.8, 4) is 5.88 Å². The number of aliphatic hydroxyl groups is 1. The second kappa shape index (κ2) is 14.3. The van der Waals surface area contributed by atoms with Crippen LogP contribution in [0.1, 0.15) is 38.3 Å². The van der Waals surface area contributed by atoms with Crippen molar-refractivity contribution in [3.05, 3.63) is 59.7 Å². The van der Waals surface area contributed by atoms with E-state index >= 15 is 0 Å². The molecule has 0 radical (unpaired) electrons. The number of sulfonamides is 1. The Bertz CT molecular complexity index is 1590. The van der Waals surface area contributed by atoms with Gasteiger partial charge in [0.2, 0.25) is 10.0 Å². The number of aromatic nitrogens is 1. The summed E-state index contributed by atoms with van der Waals surface area (Å²) < 4.78 is 46.2. The van der Waals surface area contributed by atoms with Crippen molar-refractivity contribution in [2.45, 2.75) is 63.0 Å². The molecule has 3 aromatic rings. The van der Waals surface area contributed by atoms with Gasteiger partial charge < -0.3 is 34.7 Å². The molecule has 244 valence electrons. The predicted molar refractivity (Wildman–Crippen MR) is 169 cm³/mol. The van der Waals surface area contributed by atoms with Crippen LogP contribution in [0.4, 0.5) is 4.79 Å². The molecule has 2 saturated heterocycles. The zero-order chi connectivity index (χ0) is 32.1. The molecular formula is C32H42N4O8S. The van der Waals surface area contributed by atoms with Crippen LogP contribution in [-0.2, 0) is 30.7 Å². The summed E-state index contributed by atoms with van der Waals surface area (Å²) in [6.07, 6.45) is -0.363. The summed E-state index contributed by atoms with van der Waals surface area (Å²) in [6.45, 7) is 6.76. The van der Waals surface area contributed by atoms with Gasteiger partial charge in [0.05, 0.1) is 41.7 Å². The molecule has 0 saturated carbocycles. The van der Waals surface area contributed by atoms with Crippen LogP contribution in [0.3, 0.4) is 0 Å². The van der Waals surface area contributed by atoms with Crippen LogP contribution in [0.2, 0.25) is 0 Å². The molecule has 1 amide bonds. The third kappa shape index (κ3) is 7.67. The molecule has 45 heavy (non-hydrogen) atoms. The predicted octanol–water partition coefficient (Wildman–Crippen LogP) is 3.42. The molecule has 5 unspecified atom stereocenters. The highest BCUT2D eigenvalue weighted by atomic mass is 32.2. The van der Waals surface area contributed by atoms with Gasteiger partial charge in [-0.3, -0.25) is 4.99 Å². The average molecular weight is 643 g/mol. The van der Waals surface area contributed by atoms with Gasteiger partial charge in [-0.05, 0) is 49.4 Å². The highest BCUT2D eigenvalue weighted by Crippen LogP contribution is 2.33. The Hall–Kier alpha value is -3.49. The van der Waals surface area contributed by atoms with E-state index in [1.165, 1.54) is 22.7 Å². The van der Waals surface area contributed by atoms with E-state index in [-0.39, 0.29) is 55.0 Å². The summed E-state index contributed by atoms with van der Waals surface area (Å²) >= 11 is 0. The number of hydrogen-bond acceptors (Lipinski definition) is 9. The number of nitrogens with zero attached hydrogens (tertiary/aromatic N) is 2. The molecule has 2 aliphatic heterocycles. The molecule has 4 N–H and O–H groups in total. The summed E-state index contributed by atoms with van der Waals surface area (Å²) in [4.78, 5) is 20.2. The van der Waals surface area contributed by atoms with Gasteiger partial charge in [0.1, 0.15) is 6.10 Å². The lowest BCUT2D eigenvalue weighted by Gasteiger charge is -2.31. The van der Waals surface area contributed by atoms with E-state index in [9.17, 15) is 23.4 Å². The fourth-order valence-corrected chi connectivity index (χ4v) is 7.48. The number of aromatic hydroxyl groups is 1. The number of alkyl carbamates (subject to hydrolysis) is 1. The van der Waals surface area contributed by atoms with Crippen LogP contribution in [0.5, 0.6) is 5.88 Å². The number of ether oxygens (including phenoxy) is 3. The maximum atomic E-state index is 14.1. The Balaban J connectivity index is 1.38. The minimum atomic E-state index is -4.12. The highest BCUT2D eigenvalue weighted by molar-refractivity contribution is 7.89. The number of carbonyl (C=O) groups excluding carboxylic acids is 1. The van der Waals surface area contributed by atoms with Crippen molar-refractivity contribution in [2.24, 2.45) is 16.8 Å². The average Bonchev–Trinajstić information content (AvgIpc) is 3.70. The maximum absolute atomic E-state index is 14.1. The molecule has 2 fully saturated rings. The third-order valence-electron chi connectivity index (χ3n) is 8.10. The summed E-state index contributed by atoms with van der Waals surface area (Å²) in [5.41, 5.74) is 1.81. The van der Waals surface area contributed by atoms with Gasteiger partial charge in [-0.1, -0.05) is 44.2 Å². The number of aliphatic imine (C=N–C) groups is 1. The molecule has 5 rings (SSSR count). The fraction of sp³-hybridized carbons (Fsp3) is 0.500. The van der Waals surface area contributed by atoms with E-state index in [4.69, 9.17) is 14.2 Å². The second-order valence-electron chi connectivity index (χ2n) is 11.9. The molecular weight excluding hydrogens is 600 g/mol. The number of rotatable bonds is 13. The summed E-state index contributed by atoms with van der Waals surface area (Å²) in [5.74, 6) is -0.213. The van der Waals surface area contributed by atoms with Crippen LogP contribution in [0.25, 0.3) is 10.9 Å². The van der Waals surface area contributed by atoms with Crippen LogP contribution in [-0.4, -0.2) is 97.6 Å². The third-order valence-corrected chi connectivity index (χ3v) is 9.93. The normalized spacial score (nSPS) is 21.5. The number of benzene rings is 2. The molecule has 2 aliphatic rings. The minimum absolute atomic E-state index is 0.00884. The minimum Gasteiger partial charge on any atom is -0.494 e. The first-order valence-electron chi connectivity index (χ1n) is 15.3. The van der Waals surface area contributed by atoms with Gasteiger partial charge in [-0.2, -0.15) is 4.31 Å². The van der Waals surface area contributed by atoms with E-state index in [0.29, 0.717) is 29.6 Å². The molecule has 13 heteroatoms. The standard InChI is InChI=1S/C32H42N4O8S/c1-4-33-16-25-24-15-22(10-11-26(24)34-30(25)38)45(40,41)36(17-20(2)3)18-28(37)27(14-21-8-6-5-7-9-21)35-32(39)44-29-19-43-31-23(29)12-13-42-31/h5-11,15-16,20,23,27-29,31,34,37-38H,4,12-14,17-19H2,1-3H3,(H,35,39). The van der Waals surface area contributed by atoms with Crippen LogP contribution in [0.15, 0.2) is 58.4 Å². The Labute approximate surface area is 263 Å². The lowest BCUT2D eigenvalue weighted by Crippen LogP contribution is -2.51. The first-order valence-corrected chi connectivity index (χ1v) is 16.8. The highest BCUT2D eigenvalue weighted by Gasteiger charge is 2.44. The SMILES string of the molecule is CCN=Cc1c(O)[nH]c2ccc(S(=O)(=O)N(CC(C)C)CC(O)C(Cc3ccccc3)NC(=O)OC3COC4OCCC34)cc12. The number of carbonyl (C=O) groups is 1. The van der Waals surface area contributed by atoms with Crippen molar-refractivity contribution in [1.29, 1.82) is 0 Å². The zero-order valence-corrected chi connectivity index (χ0v) is 26.6. The van der Waals surface area contributed by atoms with E-state index in [2.05, 4.69) is 15.3 Å². The summed E-state index contributed by atoms with van der Waals surface area (Å²) in [7, 11) is -4.12. The maximum Gasteiger partial charge on any atom is 0.407 e. The number of fused-ring (bicyclic) bond motifs is 2. The van der Waals surface area contributed by atoms with Crippen LogP contribution < -0.4 is 5.32 Å². The molecule has 0 spiro atoms. The lowest BCUT2D eigenvalue weighted by molar-refractivity contribution is -0.0907. The Morgan fingerprint density at radius 3 is 2.71 bits per heavy atom. The fourth-order valence-electron chi connectivity index (χ4n) is 5.84. The number of nitrogens with one attached hydrogen (secondary N) is 2. The summed E-state index contributed by atoms with van der Waals surface area (Å²) in [6, 6.07) is 13.0. The number of aliphatic hydroxyl groups excluding tert-OH is 1. The monoisotopic (exact) mass is 642 g/mol. The van der Waals surface area contributed by atoms with Gasteiger partial charge in [-0.25, -0.2) is 13.2 Å². The molecule has 5 atom stereocenters. The van der Waals surface area contributed by atoms with Crippen LogP contribution in [0, 0.1) is 11.8 Å². The number of hydrogen-bond donors (Lipinski definition) is 4. The lowest BCUT2D eigenvalue weighted by atomic mass is 10.0. The first kappa shape index (κ1) is 32.9. The molecule has 12 nitrogen and oxygen atoms in total. The number of aromatic amines is 1.